The number of thioether (sulfide) groups is 1. The summed E-state index contributed by atoms with van der Waals surface area (Å²) in [6.45, 7) is 0. The highest BCUT2D eigenvalue weighted by Crippen LogP contribution is 2.38. The van der Waals surface area contributed by atoms with Gasteiger partial charge in [-0.1, -0.05) is 0 Å². The van der Waals surface area contributed by atoms with Crippen LogP contribution in [0.5, 0.6) is 0 Å². The second kappa shape index (κ2) is 3.99. The lowest BCUT2D eigenvalue weighted by Crippen LogP contribution is -2.01. The molecule has 0 saturated carbocycles. The monoisotopic (exact) mass is 323 g/mol. The third-order valence-corrected chi connectivity index (χ3v) is 3.25. The maximum Gasteiger partial charge on any atom is 0.446 e. The molecule has 0 aliphatic rings. The van der Waals surface area contributed by atoms with Gasteiger partial charge in [-0.25, -0.2) is 4.39 Å². The van der Waals surface area contributed by atoms with Gasteiger partial charge < -0.3 is 0 Å². The predicted molar refractivity (Wildman–Crippen MR) is 48.8 cm³/mol. The van der Waals surface area contributed by atoms with E-state index in [2.05, 4.69) is 4.98 Å². The van der Waals surface area contributed by atoms with Crippen molar-refractivity contribution in [2.24, 2.45) is 0 Å². The number of pyridine rings is 1. The predicted octanol–water partition coefficient (Wildman–Crippen LogP) is 3.44. The lowest BCUT2D eigenvalue weighted by atomic mass is 10.5. The van der Waals surface area contributed by atoms with Crippen LogP contribution in [-0.2, 0) is 0 Å². The minimum atomic E-state index is -4.41. The summed E-state index contributed by atoms with van der Waals surface area (Å²) in [5.74, 6) is -0.741. The van der Waals surface area contributed by atoms with Crippen LogP contribution < -0.4 is 0 Å². The van der Waals surface area contributed by atoms with Crippen LogP contribution in [0.2, 0.25) is 0 Å². The minimum absolute atomic E-state index is 0.0603. The highest BCUT2D eigenvalue weighted by Gasteiger charge is 2.30. The van der Waals surface area contributed by atoms with Crippen molar-refractivity contribution in [1.82, 2.24) is 4.98 Å². The van der Waals surface area contributed by atoms with E-state index in [9.17, 15) is 17.6 Å². The number of alkyl halides is 3. The summed E-state index contributed by atoms with van der Waals surface area (Å²) in [6, 6.07) is 0. The highest BCUT2D eigenvalue weighted by molar-refractivity contribution is 14.1. The molecule has 0 spiro atoms. The summed E-state index contributed by atoms with van der Waals surface area (Å²) in [4.78, 5) is 3.11. The van der Waals surface area contributed by atoms with Gasteiger partial charge >= 0.3 is 5.51 Å². The van der Waals surface area contributed by atoms with Gasteiger partial charge in [0.05, 0.1) is 14.7 Å². The largest absolute Gasteiger partial charge is 0.446 e. The van der Waals surface area contributed by atoms with Gasteiger partial charge in [-0.05, 0) is 34.4 Å². The normalized spacial score (nSPS) is 11.8. The molecule has 13 heavy (non-hydrogen) atoms. The molecule has 0 aliphatic carbocycles. The maximum absolute atomic E-state index is 12.7. The van der Waals surface area contributed by atoms with Crippen molar-refractivity contribution in [2.75, 3.05) is 0 Å². The van der Waals surface area contributed by atoms with Crippen LogP contribution >= 0.6 is 34.4 Å². The highest BCUT2D eigenvalue weighted by atomic mass is 127. The summed E-state index contributed by atoms with van der Waals surface area (Å²) in [6.07, 6.45) is 1.87. The van der Waals surface area contributed by atoms with Gasteiger partial charge in [0.1, 0.15) is 0 Å². The van der Waals surface area contributed by atoms with Crippen molar-refractivity contribution < 1.29 is 17.6 Å². The van der Waals surface area contributed by atoms with E-state index in [0.717, 1.165) is 12.4 Å². The Bertz CT molecular complexity index is 314. The lowest BCUT2D eigenvalue weighted by Gasteiger charge is -2.06. The fourth-order valence-corrected chi connectivity index (χ4v) is 1.76. The Morgan fingerprint density at radius 3 is 2.46 bits per heavy atom. The first-order valence-electron chi connectivity index (χ1n) is 2.95. The van der Waals surface area contributed by atoms with E-state index in [4.69, 9.17) is 0 Å². The van der Waals surface area contributed by atoms with E-state index in [1.54, 1.807) is 0 Å². The van der Waals surface area contributed by atoms with Crippen molar-refractivity contribution >= 4 is 34.4 Å². The van der Waals surface area contributed by atoms with Crippen LogP contribution in [0.3, 0.4) is 0 Å². The van der Waals surface area contributed by atoms with Gasteiger partial charge in [0.15, 0.2) is 5.82 Å². The molecule has 0 aliphatic heterocycles. The maximum atomic E-state index is 12.7. The molecule has 0 unspecified atom stereocenters. The molecular weight excluding hydrogens is 321 g/mol. The molecule has 1 rings (SSSR count). The molecule has 0 amide bonds. The molecule has 1 aromatic heterocycles. The summed E-state index contributed by atoms with van der Waals surface area (Å²) in [5.41, 5.74) is -4.41. The summed E-state index contributed by atoms with van der Waals surface area (Å²) >= 11 is 1.14. The van der Waals surface area contributed by atoms with Crippen LogP contribution in [-0.4, -0.2) is 10.5 Å². The summed E-state index contributed by atoms with van der Waals surface area (Å²) in [7, 11) is 0. The number of aromatic nitrogens is 1. The molecule has 1 nitrogen and oxygen atoms in total. The minimum Gasteiger partial charge on any atom is -0.260 e. The second-order valence-electron chi connectivity index (χ2n) is 1.98. The zero-order valence-electron chi connectivity index (χ0n) is 5.90. The van der Waals surface area contributed by atoms with Crippen LogP contribution in [0, 0.1) is 9.39 Å². The molecule has 0 N–H and O–H groups in total. The van der Waals surface area contributed by atoms with Gasteiger partial charge in [0.2, 0.25) is 0 Å². The van der Waals surface area contributed by atoms with Crippen LogP contribution in [0.15, 0.2) is 17.3 Å². The third kappa shape index (κ3) is 3.29. The van der Waals surface area contributed by atoms with Gasteiger partial charge in [-0.2, -0.15) is 13.2 Å². The lowest BCUT2D eigenvalue weighted by molar-refractivity contribution is -0.0328. The Morgan fingerprint density at radius 1 is 1.31 bits per heavy atom. The Morgan fingerprint density at radius 2 is 1.92 bits per heavy atom. The van der Waals surface area contributed by atoms with Gasteiger partial charge in [-0.15, -0.1) is 0 Å². The fourth-order valence-electron chi connectivity index (χ4n) is 0.597. The molecule has 72 valence electrons. The van der Waals surface area contributed by atoms with Crippen molar-refractivity contribution in [1.29, 1.82) is 0 Å². The molecule has 1 heterocycles. The molecular formula is C6H2F4INS. The van der Waals surface area contributed by atoms with E-state index in [0.29, 0.717) is 0 Å². The molecule has 0 fully saturated rings. The molecule has 1 aromatic rings. The number of hydrogen-bond donors (Lipinski definition) is 0. The van der Waals surface area contributed by atoms with E-state index in [-0.39, 0.29) is 20.2 Å². The van der Waals surface area contributed by atoms with E-state index >= 15 is 0 Å². The van der Waals surface area contributed by atoms with Crippen LogP contribution in [0.25, 0.3) is 0 Å². The fraction of sp³-hybridized carbons (Fsp3) is 0.167. The SMILES string of the molecule is Fc1cncc(SC(F)(F)F)c1I. The first-order valence-corrected chi connectivity index (χ1v) is 4.84. The average Bonchev–Trinajstić information content (AvgIpc) is 1.96. The average molecular weight is 323 g/mol. The van der Waals surface area contributed by atoms with Crippen molar-refractivity contribution in [2.45, 2.75) is 10.4 Å². The molecule has 0 bridgehead atoms. The summed E-state index contributed by atoms with van der Waals surface area (Å²) < 4.78 is 48.2. The number of nitrogens with zero attached hydrogens (tertiary/aromatic N) is 1. The zero-order chi connectivity index (χ0) is 10.1. The van der Waals surface area contributed by atoms with Crippen LogP contribution in [0.4, 0.5) is 17.6 Å². The molecule has 0 saturated heterocycles. The Labute approximate surface area is 89.1 Å². The Hall–Kier alpha value is -0.0500. The second-order valence-corrected chi connectivity index (χ2v) is 4.17. The van der Waals surface area contributed by atoms with Gasteiger partial charge in [0, 0.05) is 6.20 Å². The van der Waals surface area contributed by atoms with Crippen molar-refractivity contribution in [3.8, 4) is 0 Å². The zero-order valence-corrected chi connectivity index (χ0v) is 8.87. The molecule has 7 heteroatoms. The number of halogens is 5. The van der Waals surface area contributed by atoms with E-state index in [1.807, 2.05) is 0 Å². The van der Waals surface area contributed by atoms with Gasteiger partial charge in [0.25, 0.3) is 0 Å². The number of rotatable bonds is 1. The molecule has 0 atom stereocenters. The first-order chi connectivity index (χ1) is 5.90. The topological polar surface area (TPSA) is 12.9 Å². The van der Waals surface area contributed by atoms with Gasteiger partial charge in [-0.3, -0.25) is 4.98 Å². The first kappa shape index (κ1) is 11.0. The third-order valence-electron chi connectivity index (χ3n) is 1.03. The Balaban J connectivity index is 2.96. The Kier molecular flexibility index (Phi) is 3.38. The van der Waals surface area contributed by atoms with Crippen molar-refractivity contribution in [3.63, 3.8) is 0 Å². The molecule has 0 aromatic carbocycles. The van der Waals surface area contributed by atoms with E-state index in [1.165, 1.54) is 22.6 Å². The smallest absolute Gasteiger partial charge is 0.260 e. The standard InChI is InChI=1S/C6H2F4INS/c7-3-1-12-2-4(5(3)11)13-6(8,9)10/h1-2H. The quantitative estimate of drug-likeness (QED) is 0.446. The summed E-state index contributed by atoms with van der Waals surface area (Å²) in [5, 5.41) is 0. The number of hydrogen-bond acceptors (Lipinski definition) is 2. The van der Waals surface area contributed by atoms with Crippen molar-refractivity contribution in [3.05, 3.63) is 21.8 Å². The molecule has 0 radical (unpaired) electrons. The van der Waals surface area contributed by atoms with E-state index < -0.39 is 11.3 Å². The van der Waals surface area contributed by atoms with Crippen LogP contribution in [0.1, 0.15) is 0 Å².